The largest absolute Gasteiger partial charge is 0.445 e. The molecule has 2 saturated carbocycles. The first-order valence-electron chi connectivity index (χ1n) is 16.2. The first-order valence-corrected chi connectivity index (χ1v) is 16.2. The summed E-state index contributed by atoms with van der Waals surface area (Å²) in [4.78, 5) is 36.8. The first-order chi connectivity index (χ1) is 21.0. The molecule has 0 unspecified atom stereocenters. The second kappa shape index (κ2) is 21.4. The molecule has 3 rings (SSSR count). The summed E-state index contributed by atoms with van der Waals surface area (Å²) in [5.74, 6) is 0.0978. The van der Waals surface area contributed by atoms with Gasteiger partial charge in [-0.15, -0.1) is 12.4 Å². The lowest BCUT2D eigenvalue weighted by Crippen LogP contribution is -2.50. The monoisotopic (exact) mass is 644 g/mol. The van der Waals surface area contributed by atoms with Crippen LogP contribution in [0.15, 0.2) is 30.3 Å². The molecule has 0 saturated heterocycles. The minimum Gasteiger partial charge on any atom is -0.445 e. The maximum Gasteiger partial charge on any atom is 0.407 e. The van der Waals surface area contributed by atoms with Gasteiger partial charge in [0.05, 0.1) is 24.0 Å². The number of nitrogens with two attached hydrogens (primary N) is 1. The zero-order valence-corrected chi connectivity index (χ0v) is 28.1. The van der Waals surface area contributed by atoms with E-state index in [9.17, 15) is 19.6 Å². The van der Waals surface area contributed by atoms with Gasteiger partial charge < -0.3 is 26.4 Å². The molecule has 11 heteroatoms. The molecular formula is C34H53ClN6O4. The Kier molecular flexibility index (Phi) is 18.9. The van der Waals surface area contributed by atoms with E-state index in [2.05, 4.69) is 28.1 Å². The maximum atomic E-state index is 12.7. The van der Waals surface area contributed by atoms with E-state index in [1.807, 2.05) is 58.0 Å². The number of amides is 3. The predicted molar refractivity (Wildman–Crippen MR) is 177 cm³/mol. The number of nitrogens with zero attached hydrogens (tertiary/aromatic N) is 2. The van der Waals surface area contributed by atoms with Gasteiger partial charge in [0.1, 0.15) is 18.7 Å². The van der Waals surface area contributed by atoms with E-state index in [4.69, 9.17) is 15.7 Å². The predicted octanol–water partition coefficient (Wildman–Crippen LogP) is 5.51. The van der Waals surface area contributed by atoms with Crippen molar-refractivity contribution in [2.24, 2.45) is 29.4 Å². The first kappa shape index (κ1) is 39.7. The molecule has 1 aromatic rings. The fourth-order valence-electron chi connectivity index (χ4n) is 5.81. The molecule has 0 heterocycles. The van der Waals surface area contributed by atoms with Crippen molar-refractivity contribution in [1.82, 2.24) is 16.0 Å². The Hall–Kier alpha value is -3.34. The highest BCUT2D eigenvalue weighted by Gasteiger charge is 2.33. The summed E-state index contributed by atoms with van der Waals surface area (Å²) in [6, 6.07) is 12.6. The van der Waals surface area contributed by atoms with Gasteiger partial charge in [0, 0.05) is 12.1 Å². The Bertz CT molecular complexity index is 1120. The molecule has 1 aromatic carbocycles. The number of alkyl carbamates (subject to hydrolysis) is 1. The van der Waals surface area contributed by atoms with E-state index in [1.54, 1.807) is 0 Å². The summed E-state index contributed by atoms with van der Waals surface area (Å²) in [5, 5.41) is 26.8. The molecular weight excluding hydrogens is 592 g/mol. The highest BCUT2D eigenvalue weighted by Crippen LogP contribution is 2.26. The maximum absolute atomic E-state index is 12.7. The quantitative estimate of drug-likeness (QED) is 0.246. The van der Waals surface area contributed by atoms with Crippen molar-refractivity contribution in [2.75, 3.05) is 0 Å². The van der Waals surface area contributed by atoms with Crippen LogP contribution in [0, 0.1) is 46.3 Å². The molecule has 10 nitrogen and oxygen atoms in total. The summed E-state index contributed by atoms with van der Waals surface area (Å²) in [6.45, 7) is 8.32. The van der Waals surface area contributed by atoms with Crippen LogP contribution in [-0.4, -0.2) is 42.1 Å². The van der Waals surface area contributed by atoms with Gasteiger partial charge in [0.2, 0.25) is 11.8 Å². The van der Waals surface area contributed by atoms with Crippen LogP contribution in [0.4, 0.5) is 4.79 Å². The van der Waals surface area contributed by atoms with Crippen molar-refractivity contribution in [2.45, 2.75) is 123 Å². The number of hydrogen-bond acceptors (Lipinski definition) is 7. The molecule has 5 N–H and O–H groups in total. The van der Waals surface area contributed by atoms with Crippen LogP contribution in [0.25, 0.3) is 0 Å². The lowest BCUT2D eigenvalue weighted by molar-refractivity contribution is -0.127. The van der Waals surface area contributed by atoms with Crippen LogP contribution in [-0.2, 0) is 20.9 Å². The average molecular weight is 645 g/mol. The summed E-state index contributed by atoms with van der Waals surface area (Å²) in [7, 11) is 0. The molecule has 250 valence electrons. The Morgan fingerprint density at radius 1 is 0.822 bits per heavy atom. The van der Waals surface area contributed by atoms with Crippen LogP contribution >= 0.6 is 12.4 Å². The number of carbonyl (C=O) groups is 3. The zero-order valence-electron chi connectivity index (χ0n) is 27.3. The van der Waals surface area contributed by atoms with Gasteiger partial charge in [-0.2, -0.15) is 10.5 Å². The molecule has 0 bridgehead atoms. The summed E-state index contributed by atoms with van der Waals surface area (Å²) < 4.78 is 5.28. The fourth-order valence-corrected chi connectivity index (χ4v) is 5.81. The molecule has 0 aromatic heterocycles. The third-order valence-electron chi connectivity index (χ3n) is 8.13. The number of nitrogens with one attached hydrogen (secondary N) is 3. The second-order valence-corrected chi connectivity index (χ2v) is 12.9. The molecule has 0 aliphatic heterocycles. The fraction of sp³-hybridized carbons (Fsp3) is 0.676. The van der Waals surface area contributed by atoms with Crippen LogP contribution in [0.1, 0.15) is 97.5 Å². The minimum absolute atomic E-state index is 0. The number of carbonyl (C=O) groups excluding carboxylic acids is 3. The Labute approximate surface area is 275 Å². The Morgan fingerprint density at radius 3 is 1.82 bits per heavy atom. The third kappa shape index (κ3) is 15.0. The average Bonchev–Trinajstić information content (AvgIpc) is 3.00. The number of benzene rings is 1. The highest BCUT2D eigenvalue weighted by molar-refractivity contribution is 5.85. The zero-order chi connectivity index (χ0) is 32.5. The van der Waals surface area contributed by atoms with Crippen LogP contribution in [0.2, 0.25) is 0 Å². The van der Waals surface area contributed by atoms with Crippen molar-refractivity contribution < 1.29 is 19.1 Å². The van der Waals surface area contributed by atoms with Gasteiger partial charge in [-0.1, -0.05) is 83.7 Å². The van der Waals surface area contributed by atoms with E-state index >= 15 is 0 Å². The SMILES string of the molecule is CC(C)C[C@@H](C#N)NC(=O)[C@@H]1CCCC[C@@H]1N.CC(C)C[C@@H](C#N)NC(=O)[C@@H]1CCCC[C@@H]1NC(=O)OCc1ccccc1.Cl. The lowest BCUT2D eigenvalue weighted by atomic mass is 9.83. The lowest BCUT2D eigenvalue weighted by Gasteiger charge is -2.31. The van der Waals surface area contributed by atoms with Gasteiger partial charge in [-0.25, -0.2) is 4.79 Å². The molecule has 0 radical (unpaired) electrons. The normalized spacial score (nSPS) is 22.2. The summed E-state index contributed by atoms with van der Waals surface area (Å²) in [6.07, 6.45) is 8.09. The van der Waals surface area contributed by atoms with Crippen LogP contribution < -0.4 is 21.7 Å². The van der Waals surface area contributed by atoms with E-state index in [0.717, 1.165) is 50.5 Å². The van der Waals surface area contributed by atoms with E-state index in [1.165, 1.54) is 0 Å². The minimum atomic E-state index is -0.512. The molecule has 2 fully saturated rings. The number of halogens is 1. The van der Waals surface area contributed by atoms with E-state index in [0.29, 0.717) is 31.1 Å². The van der Waals surface area contributed by atoms with E-state index < -0.39 is 12.1 Å². The molecule has 6 atom stereocenters. The van der Waals surface area contributed by atoms with Crippen molar-refractivity contribution in [3.63, 3.8) is 0 Å². The van der Waals surface area contributed by atoms with Crippen molar-refractivity contribution in [3.05, 3.63) is 35.9 Å². The highest BCUT2D eigenvalue weighted by atomic mass is 35.5. The number of ether oxygens (including phenoxy) is 1. The van der Waals surface area contributed by atoms with Gasteiger partial charge >= 0.3 is 6.09 Å². The number of rotatable bonds is 11. The van der Waals surface area contributed by atoms with E-state index in [-0.39, 0.29) is 60.8 Å². The summed E-state index contributed by atoms with van der Waals surface area (Å²) >= 11 is 0. The van der Waals surface area contributed by atoms with Crippen molar-refractivity contribution in [3.8, 4) is 12.1 Å². The topological polar surface area (TPSA) is 170 Å². The van der Waals surface area contributed by atoms with Gasteiger partial charge in [0.25, 0.3) is 0 Å². The summed E-state index contributed by atoms with van der Waals surface area (Å²) in [5.41, 5.74) is 6.87. The van der Waals surface area contributed by atoms with Crippen LogP contribution in [0.3, 0.4) is 0 Å². The third-order valence-corrected chi connectivity index (χ3v) is 8.13. The number of nitriles is 2. The van der Waals surface area contributed by atoms with Gasteiger partial charge in [-0.05, 0) is 55.9 Å². The Morgan fingerprint density at radius 2 is 1.31 bits per heavy atom. The van der Waals surface area contributed by atoms with Crippen LogP contribution in [0.5, 0.6) is 0 Å². The molecule has 2 aliphatic carbocycles. The standard InChI is InChI=1S/C21H29N3O3.C13H23N3O.ClH/c1-15(2)12-17(13-22)23-20(25)18-10-6-7-11-19(18)24-21(26)27-14-16-8-4-3-5-9-16;1-9(2)7-10(8-14)16-13(17)11-5-3-4-6-12(11)15;/h3-5,8-9,15,17-19H,6-7,10-12,14H2,1-2H3,(H,23,25)(H,24,26);9-12H,3-7,15H2,1-2H3,(H,16,17);1H/t17-,18+,19-;10-,11+,12-;/m00./s1. The van der Waals surface area contributed by atoms with Crippen molar-refractivity contribution >= 4 is 30.3 Å². The second-order valence-electron chi connectivity index (χ2n) is 12.9. The Balaban J connectivity index is 0.000000487. The molecule has 45 heavy (non-hydrogen) atoms. The molecule has 2 aliphatic rings. The van der Waals surface area contributed by atoms with Crippen molar-refractivity contribution in [1.29, 1.82) is 10.5 Å². The smallest absolute Gasteiger partial charge is 0.407 e. The number of hydrogen-bond donors (Lipinski definition) is 4. The van der Waals surface area contributed by atoms with Gasteiger partial charge in [-0.3, -0.25) is 9.59 Å². The van der Waals surface area contributed by atoms with Gasteiger partial charge in [0.15, 0.2) is 0 Å². The molecule has 3 amide bonds. The molecule has 0 spiro atoms.